The first-order valence-electron chi connectivity index (χ1n) is 11.6. The lowest BCUT2D eigenvalue weighted by atomic mass is 9.68. The van der Waals surface area contributed by atoms with Crippen molar-refractivity contribution >= 4 is 11.0 Å². The number of nitrogens with zero attached hydrogens (tertiary/aromatic N) is 3. The van der Waals surface area contributed by atoms with Crippen molar-refractivity contribution in [3.05, 3.63) is 47.5 Å². The van der Waals surface area contributed by atoms with Gasteiger partial charge in [-0.3, -0.25) is 0 Å². The molecule has 0 fully saturated rings. The molecular weight excluding hydrogens is 370 g/mol. The molecule has 2 aromatic carbocycles. The number of phenolic OH excluding ortho intramolecular Hbond substituents is 1. The van der Waals surface area contributed by atoms with Gasteiger partial charge >= 0.3 is 0 Å². The van der Waals surface area contributed by atoms with Crippen LogP contribution in [0.2, 0.25) is 0 Å². The highest BCUT2D eigenvalue weighted by Gasteiger charge is 2.35. The Kier molecular flexibility index (Phi) is 6.54. The van der Waals surface area contributed by atoms with E-state index >= 15 is 0 Å². The molecule has 0 unspecified atom stereocenters. The fraction of sp³-hybridized carbons (Fsp3) is 0.538. The molecule has 0 radical (unpaired) electrons. The van der Waals surface area contributed by atoms with E-state index in [1.807, 2.05) is 24.3 Å². The summed E-state index contributed by atoms with van der Waals surface area (Å²) in [6.45, 7) is 13.5. The number of aromatic hydroxyl groups is 1. The lowest BCUT2D eigenvalue weighted by Gasteiger charge is -2.36. The molecule has 0 bridgehead atoms. The summed E-state index contributed by atoms with van der Waals surface area (Å²) in [4.78, 5) is 1.63. The number of hydrogen-bond acceptors (Lipinski definition) is 3. The van der Waals surface area contributed by atoms with Crippen molar-refractivity contribution in [2.75, 3.05) is 0 Å². The minimum absolute atomic E-state index is 0.0532. The Morgan fingerprint density at radius 1 is 0.733 bits per heavy atom. The smallest absolute Gasteiger partial charge is 0.146 e. The Morgan fingerprint density at radius 3 is 1.63 bits per heavy atom. The summed E-state index contributed by atoms with van der Waals surface area (Å²) in [7, 11) is 0. The molecule has 4 heteroatoms. The van der Waals surface area contributed by atoms with E-state index in [4.69, 9.17) is 10.2 Å². The van der Waals surface area contributed by atoms with Gasteiger partial charge in [0.05, 0.1) is 0 Å². The molecule has 162 valence electrons. The van der Waals surface area contributed by atoms with Crippen molar-refractivity contribution in [1.29, 1.82) is 0 Å². The monoisotopic (exact) mass is 407 g/mol. The summed E-state index contributed by atoms with van der Waals surface area (Å²) in [5.74, 6) is 0.321. The van der Waals surface area contributed by atoms with E-state index in [2.05, 4.69) is 53.7 Å². The van der Waals surface area contributed by atoms with Crippen LogP contribution in [0, 0.1) is 0 Å². The number of fused-ring (bicyclic) bond motifs is 1. The zero-order valence-corrected chi connectivity index (χ0v) is 19.5. The van der Waals surface area contributed by atoms with Crippen LogP contribution in [-0.2, 0) is 10.8 Å². The van der Waals surface area contributed by atoms with E-state index in [0.717, 1.165) is 55.1 Å². The number of phenols is 1. The van der Waals surface area contributed by atoms with Crippen molar-refractivity contribution in [3.63, 3.8) is 0 Å². The lowest BCUT2D eigenvalue weighted by Crippen LogP contribution is -2.28. The second-order valence-electron chi connectivity index (χ2n) is 8.55. The van der Waals surface area contributed by atoms with E-state index in [0.29, 0.717) is 11.4 Å². The zero-order valence-electron chi connectivity index (χ0n) is 19.5. The molecule has 0 saturated carbocycles. The fourth-order valence-electron chi connectivity index (χ4n) is 5.13. The first-order valence-corrected chi connectivity index (χ1v) is 11.6. The van der Waals surface area contributed by atoms with E-state index in [1.165, 1.54) is 5.56 Å². The number of hydrogen-bond donors (Lipinski definition) is 1. The molecule has 1 N–H and O–H groups in total. The molecule has 3 aromatic rings. The molecular formula is C26H37N3O. The molecule has 0 aliphatic heterocycles. The zero-order chi connectivity index (χ0) is 21.9. The van der Waals surface area contributed by atoms with Gasteiger partial charge in [-0.1, -0.05) is 59.7 Å². The largest absolute Gasteiger partial charge is 0.505 e. The highest BCUT2D eigenvalue weighted by molar-refractivity contribution is 5.74. The van der Waals surface area contributed by atoms with E-state index in [-0.39, 0.29) is 10.8 Å². The maximum absolute atomic E-state index is 11.5. The number of rotatable bonds is 9. The van der Waals surface area contributed by atoms with Crippen LogP contribution in [0.3, 0.4) is 0 Å². The Bertz CT molecular complexity index is 947. The van der Waals surface area contributed by atoms with Gasteiger partial charge in [0.1, 0.15) is 22.5 Å². The SMILES string of the molecule is CCC(CC)(CC)c1cc(-n2nc3ccccc3n2)c(O)c(C(CC)(CC)CC)c1. The summed E-state index contributed by atoms with van der Waals surface area (Å²) < 4.78 is 0. The van der Waals surface area contributed by atoms with Gasteiger partial charge in [-0.2, -0.15) is 0 Å². The average molecular weight is 408 g/mol. The van der Waals surface area contributed by atoms with Crippen molar-refractivity contribution in [2.45, 2.75) is 90.9 Å². The maximum atomic E-state index is 11.5. The predicted octanol–water partition coefficient (Wildman–Crippen LogP) is 7.06. The van der Waals surface area contributed by atoms with Crippen molar-refractivity contribution in [2.24, 2.45) is 0 Å². The first kappa shape index (κ1) is 22.3. The number of aromatic nitrogens is 3. The minimum Gasteiger partial charge on any atom is -0.505 e. The van der Waals surface area contributed by atoms with Crippen molar-refractivity contribution in [3.8, 4) is 11.4 Å². The lowest BCUT2D eigenvalue weighted by molar-refractivity contribution is 0.349. The predicted molar refractivity (Wildman–Crippen MR) is 126 cm³/mol. The molecule has 1 heterocycles. The van der Waals surface area contributed by atoms with E-state index in [9.17, 15) is 5.11 Å². The van der Waals surface area contributed by atoms with Gasteiger partial charge in [0.15, 0.2) is 0 Å². The molecule has 0 spiro atoms. The van der Waals surface area contributed by atoms with Crippen LogP contribution < -0.4 is 0 Å². The normalized spacial score (nSPS) is 12.6. The second kappa shape index (κ2) is 8.79. The van der Waals surface area contributed by atoms with Crippen LogP contribution in [0.1, 0.15) is 91.2 Å². The molecule has 0 saturated heterocycles. The van der Waals surface area contributed by atoms with Crippen molar-refractivity contribution in [1.82, 2.24) is 15.0 Å². The van der Waals surface area contributed by atoms with Crippen LogP contribution in [-0.4, -0.2) is 20.1 Å². The molecule has 3 rings (SSSR count). The molecule has 0 aliphatic carbocycles. The van der Waals surface area contributed by atoms with Gasteiger partial charge in [0.2, 0.25) is 0 Å². The Morgan fingerprint density at radius 2 is 1.20 bits per heavy atom. The summed E-state index contributed by atoms with van der Waals surface area (Å²) >= 11 is 0. The van der Waals surface area contributed by atoms with E-state index in [1.54, 1.807) is 4.80 Å². The molecule has 0 amide bonds. The van der Waals surface area contributed by atoms with Gasteiger partial charge in [-0.25, -0.2) is 0 Å². The van der Waals surface area contributed by atoms with Gasteiger partial charge < -0.3 is 5.11 Å². The highest BCUT2D eigenvalue weighted by atomic mass is 16.3. The van der Waals surface area contributed by atoms with Gasteiger partial charge in [0, 0.05) is 5.56 Å². The first-order chi connectivity index (χ1) is 14.4. The minimum atomic E-state index is -0.0532. The van der Waals surface area contributed by atoms with Gasteiger partial charge in [-0.15, -0.1) is 15.0 Å². The maximum Gasteiger partial charge on any atom is 0.146 e. The third kappa shape index (κ3) is 3.51. The quantitative estimate of drug-likeness (QED) is 0.413. The molecule has 30 heavy (non-hydrogen) atoms. The summed E-state index contributed by atoms with van der Waals surface area (Å²) in [6.07, 6.45) is 6.16. The van der Waals surface area contributed by atoms with Crippen LogP contribution in [0.5, 0.6) is 5.75 Å². The molecule has 0 aliphatic rings. The molecule has 4 nitrogen and oxygen atoms in total. The Labute approximate surface area is 181 Å². The highest BCUT2D eigenvalue weighted by Crippen LogP contribution is 2.46. The van der Waals surface area contributed by atoms with Crippen LogP contribution in [0.4, 0.5) is 0 Å². The van der Waals surface area contributed by atoms with Crippen LogP contribution >= 0.6 is 0 Å². The third-order valence-electron chi connectivity index (χ3n) is 7.84. The topological polar surface area (TPSA) is 50.9 Å². The number of benzene rings is 2. The fourth-order valence-corrected chi connectivity index (χ4v) is 5.13. The van der Waals surface area contributed by atoms with Gasteiger partial charge in [0.25, 0.3) is 0 Å². The summed E-state index contributed by atoms with van der Waals surface area (Å²) in [5, 5.41) is 20.9. The van der Waals surface area contributed by atoms with Gasteiger partial charge in [-0.05, 0) is 73.1 Å². The van der Waals surface area contributed by atoms with Crippen LogP contribution in [0.25, 0.3) is 16.7 Å². The van der Waals surface area contributed by atoms with Crippen molar-refractivity contribution < 1.29 is 5.11 Å². The third-order valence-corrected chi connectivity index (χ3v) is 7.84. The summed E-state index contributed by atoms with van der Waals surface area (Å²) in [6, 6.07) is 12.3. The average Bonchev–Trinajstić information content (AvgIpc) is 3.22. The Hall–Kier alpha value is -2.36. The second-order valence-corrected chi connectivity index (χ2v) is 8.55. The van der Waals surface area contributed by atoms with E-state index < -0.39 is 0 Å². The van der Waals surface area contributed by atoms with Crippen LogP contribution in [0.15, 0.2) is 36.4 Å². The molecule has 1 aromatic heterocycles. The standard InChI is InChI=1S/C26H37N3O/c1-7-25(8-2,9-3)19-17-20(26(10-4,11-5)12-6)24(30)23(18-19)29-27-21-15-13-14-16-22(21)28-29/h13-18,30H,7-12H2,1-6H3. The Balaban J connectivity index is 2.35. The molecule has 0 atom stereocenters. The summed E-state index contributed by atoms with van der Waals surface area (Å²) in [5.41, 5.74) is 4.74.